The number of nitrogens with zero attached hydrogens (tertiary/aromatic N) is 2. The number of rotatable bonds is 4. The van der Waals surface area contributed by atoms with Crippen LogP contribution in [0, 0.1) is 5.82 Å². The van der Waals surface area contributed by atoms with E-state index in [2.05, 4.69) is 10.4 Å². The van der Waals surface area contributed by atoms with Crippen LogP contribution in [-0.2, 0) is 15.7 Å². The molecule has 6 heteroatoms. The van der Waals surface area contributed by atoms with E-state index >= 15 is 0 Å². The first-order valence-electron chi connectivity index (χ1n) is 8.97. The van der Waals surface area contributed by atoms with Crippen molar-refractivity contribution in [1.82, 2.24) is 15.1 Å². The molecule has 3 rings (SSSR count). The Morgan fingerprint density at radius 1 is 1.27 bits per heavy atom. The van der Waals surface area contributed by atoms with E-state index in [9.17, 15) is 9.18 Å². The number of halogens is 1. The molecular formula is C20H26FN3O2. The molecule has 26 heavy (non-hydrogen) atoms. The Hall–Kier alpha value is -2.21. The average molecular weight is 359 g/mol. The molecule has 140 valence electrons. The lowest BCUT2D eigenvalue weighted by atomic mass is 9.74. The number of carbonyl (C=O) groups is 1. The van der Waals surface area contributed by atoms with E-state index in [4.69, 9.17) is 4.74 Å². The molecule has 1 aliphatic heterocycles. The minimum absolute atomic E-state index is 0.145. The highest BCUT2D eigenvalue weighted by Gasteiger charge is 2.35. The molecule has 5 nitrogen and oxygen atoms in total. The molecule has 1 amide bonds. The van der Waals surface area contributed by atoms with Crippen LogP contribution in [0.25, 0.3) is 0 Å². The molecule has 1 saturated heterocycles. The Labute approximate surface area is 153 Å². The second-order valence-corrected chi connectivity index (χ2v) is 7.93. The van der Waals surface area contributed by atoms with Gasteiger partial charge in [0.25, 0.3) is 5.91 Å². The fourth-order valence-corrected chi connectivity index (χ4v) is 3.29. The maximum atomic E-state index is 13.3. The molecule has 1 fully saturated rings. The van der Waals surface area contributed by atoms with Crippen molar-refractivity contribution in [2.24, 2.45) is 0 Å². The summed E-state index contributed by atoms with van der Waals surface area (Å²) in [6, 6.07) is 6.57. The van der Waals surface area contributed by atoms with E-state index < -0.39 is 0 Å². The summed E-state index contributed by atoms with van der Waals surface area (Å²) in [7, 11) is 0. The summed E-state index contributed by atoms with van der Waals surface area (Å²) in [6.45, 7) is 7.86. The quantitative estimate of drug-likeness (QED) is 0.912. The normalized spacial score (nSPS) is 17.1. The third-order valence-corrected chi connectivity index (χ3v) is 5.03. The first-order chi connectivity index (χ1) is 12.3. The summed E-state index contributed by atoms with van der Waals surface area (Å²) in [4.78, 5) is 12.6. The summed E-state index contributed by atoms with van der Waals surface area (Å²) < 4.78 is 20.6. The number of nitrogens with one attached hydrogen (secondary N) is 1. The predicted molar refractivity (Wildman–Crippen MR) is 97.7 cm³/mol. The van der Waals surface area contributed by atoms with E-state index in [0.29, 0.717) is 25.3 Å². The highest BCUT2D eigenvalue weighted by atomic mass is 19.1. The Balaban J connectivity index is 1.74. The highest BCUT2D eigenvalue weighted by Crippen LogP contribution is 2.34. The Morgan fingerprint density at radius 2 is 1.92 bits per heavy atom. The van der Waals surface area contributed by atoms with Gasteiger partial charge < -0.3 is 10.1 Å². The topological polar surface area (TPSA) is 56.2 Å². The highest BCUT2D eigenvalue weighted by molar-refractivity contribution is 5.93. The summed E-state index contributed by atoms with van der Waals surface area (Å²) in [5.41, 5.74) is 1.17. The van der Waals surface area contributed by atoms with Crippen molar-refractivity contribution in [3.05, 3.63) is 53.6 Å². The molecule has 2 heterocycles. The molecular weight excluding hydrogens is 333 g/mol. The maximum Gasteiger partial charge on any atom is 0.254 e. The first kappa shape index (κ1) is 18.6. The molecule has 2 aromatic rings. The van der Waals surface area contributed by atoms with Crippen molar-refractivity contribution in [2.45, 2.75) is 44.6 Å². The number of carbonyl (C=O) groups excluding carboxylic acids is 1. The molecule has 0 atom stereocenters. The predicted octanol–water partition coefficient (Wildman–Crippen LogP) is 3.26. The minimum Gasteiger partial charge on any atom is -0.381 e. The molecule has 0 bridgehead atoms. The van der Waals surface area contributed by atoms with Crippen LogP contribution in [0.2, 0.25) is 0 Å². The minimum atomic E-state index is -0.255. The van der Waals surface area contributed by atoms with Crippen molar-refractivity contribution in [3.8, 4) is 0 Å². The number of hydrogen-bond donors (Lipinski definition) is 1. The lowest BCUT2D eigenvalue weighted by Gasteiger charge is -2.38. The molecule has 0 saturated carbocycles. The number of benzene rings is 1. The lowest BCUT2D eigenvalue weighted by molar-refractivity contribution is 0.0487. The first-order valence-corrected chi connectivity index (χ1v) is 8.97. The van der Waals surface area contributed by atoms with Gasteiger partial charge in [0, 0.05) is 31.4 Å². The smallest absolute Gasteiger partial charge is 0.254 e. The van der Waals surface area contributed by atoms with Gasteiger partial charge in [-0.2, -0.15) is 5.10 Å². The SMILES string of the molecule is CC(C)(C)n1cc(C(=O)NCC2(c3ccc(F)cc3)CCOCC2)cn1. The lowest BCUT2D eigenvalue weighted by Crippen LogP contribution is -2.44. The van der Waals surface area contributed by atoms with Gasteiger partial charge in [-0.1, -0.05) is 12.1 Å². The Bertz CT molecular complexity index is 756. The maximum absolute atomic E-state index is 13.3. The Kier molecular flexibility index (Phi) is 5.14. The van der Waals surface area contributed by atoms with Gasteiger partial charge >= 0.3 is 0 Å². The van der Waals surface area contributed by atoms with Crippen molar-refractivity contribution in [2.75, 3.05) is 19.8 Å². The number of ether oxygens (including phenoxy) is 1. The average Bonchev–Trinajstić information content (AvgIpc) is 3.12. The number of hydrogen-bond acceptors (Lipinski definition) is 3. The van der Waals surface area contributed by atoms with Gasteiger partial charge in [-0.05, 0) is 51.3 Å². The van der Waals surface area contributed by atoms with Crippen molar-refractivity contribution in [1.29, 1.82) is 0 Å². The molecule has 0 aliphatic carbocycles. The summed E-state index contributed by atoms with van der Waals surface area (Å²) in [5, 5.41) is 7.33. The standard InChI is InChI=1S/C20H26FN3O2/c1-19(2,3)24-13-15(12-23-24)18(25)22-14-20(8-10-26-11-9-20)16-4-6-17(21)7-5-16/h4-7,12-13H,8-11,14H2,1-3H3,(H,22,25). The van der Waals surface area contributed by atoms with Gasteiger partial charge in [0.1, 0.15) is 5.82 Å². The molecule has 0 unspecified atom stereocenters. The van der Waals surface area contributed by atoms with Gasteiger partial charge in [0.2, 0.25) is 0 Å². The summed E-state index contributed by atoms with van der Waals surface area (Å²) in [5.74, 6) is -0.400. The summed E-state index contributed by atoms with van der Waals surface area (Å²) >= 11 is 0. The van der Waals surface area contributed by atoms with Crippen LogP contribution in [0.3, 0.4) is 0 Å². The van der Waals surface area contributed by atoms with Gasteiger partial charge in [0.15, 0.2) is 0 Å². The van der Waals surface area contributed by atoms with Crippen LogP contribution in [0.15, 0.2) is 36.7 Å². The van der Waals surface area contributed by atoms with Gasteiger partial charge in [-0.25, -0.2) is 4.39 Å². The van der Waals surface area contributed by atoms with Crippen LogP contribution in [0.1, 0.15) is 49.5 Å². The van der Waals surface area contributed by atoms with E-state index in [0.717, 1.165) is 18.4 Å². The zero-order valence-electron chi connectivity index (χ0n) is 15.6. The number of aromatic nitrogens is 2. The fourth-order valence-electron chi connectivity index (χ4n) is 3.29. The van der Waals surface area contributed by atoms with E-state index in [1.54, 1.807) is 17.1 Å². The fraction of sp³-hybridized carbons (Fsp3) is 0.500. The molecule has 1 aliphatic rings. The van der Waals surface area contributed by atoms with E-state index in [1.807, 2.05) is 32.9 Å². The summed E-state index contributed by atoms with van der Waals surface area (Å²) in [6.07, 6.45) is 4.94. The molecule has 0 radical (unpaired) electrons. The van der Waals surface area contributed by atoms with Crippen LogP contribution < -0.4 is 5.32 Å². The van der Waals surface area contributed by atoms with E-state index in [1.165, 1.54) is 12.1 Å². The van der Waals surface area contributed by atoms with Crippen LogP contribution in [-0.4, -0.2) is 35.4 Å². The zero-order valence-corrected chi connectivity index (χ0v) is 15.6. The van der Waals surface area contributed by atoms with Gasteiger partial charge in [-0.15, -0.1) is 0 Å². The third-order valence-electron chi connectivity index (χ3n) is 5.03. The van der Waals surface area contributed by atoms with Crippen molar-refractivity contribution in [3.63, 3.8) is 0 Å². The molecule has 1 aromatic heterocycles. The monoisotopic (exact) mass is 359 g/mol. The molecule has 0 spiro atoms. The zero-order chi connectivity index (χ0) is 18.8. The molecule has 1 aromatic carbocycles. The van der Waals surface area contributed by atoms with Crippen molar-refractivity contribution >= 4 is 5.91 Å². The largest absolute Gasteiger partial charge is 0.381 e. The van der Waals surface area contributed by atoms with Gasteiger partial charge in [0.05, 0.1) is 17.3 Å². The van der Waals surface area contributed by atoms with Crippen LogP contribution in [0.5, 0.6) is 0 Å². The Morgan fingerprint density at radius 3 is 2.50 bits per heavy atom. The van der Waals surface area contributed by atoms with Gasteiger partial charge in [-0.3, -0.25) is 9.48 Å². The second kappa shape index (κ2) is 7.19. The molecule has 1 N–H and O–H groups in total. The number of amides is 1. The van der Waals surface area contributed by atoms with Crippen LogP contribution in [0.4, 0.5) is 4.39 Å². The second-order valence-electron chi connectivity index (χ2n) is 7.93. The van der Waals surface area contributed by atoms with Crippen LogP contribution >= 0.6 is 0 Å². The van der Waals surface area contributed by atoms with Crippen molar-refractivity contribution < 1.29 is 13.9 Å². The third kappa shape index (κ3) is 3.96. The van der Waals surface area contributed by atoms with E-state index in [-0.39, 0.29) is 22.7 Å².